The van der Waals surface area contributed by atoms with Crippen molar-refractivity contribution in [1.29, 1.82) is 0 Å². The Hall–Kier alpha value is -1.90. The van der Waals surface area contributed by atoms with Gasteiger partial charge in [-0.2, -0.15) is 22.7 Å². The molecule has 0 bridgehead atoms. The van der Waals surface area contributed by atoms with E-state index < -0.39 is 12.0 Å². The van der Waals surface area contributed by atoms with Gasteiger partial charge in [-0.1, -0.05) is 0 Å². The third kappa shape index (κ3) is 3.10. The van der Waals surface area contributed by atoms with Gasteiger partial charge in [0.1, 0.15) is 5.82 Å². The molecule has 0 aromatic carbocycles. The molecule has 0 spiro atoms. The number of aromatic nitrogens is 4. The summed E-state index contributed by atoms with van der Waals surface area (Å²) >= 11 is 0. The van der Waals surface area contributed by atoms with Gasteiger partial charge < -0.3 is 10.2 Å². The summed E-state index contributed by atoms with van der Waals surface area (Å²) in [6.07, 6.45) is -1.48. The van der Waals surface area contributed by atoms with Gasteiger partial charge in [-0.3, -0.25) is 0 Å². The van der Waals surface area contributed by atoms with Crippen molar-refractivity contribution in [3.05, 3.63) is 17.6 Å². The van der Waals surface area contributed by atoms with Gasteiger partial charge in [0.25, 0.3) is 11.6 Å². The Labute approximate surface area is 131 Å². The summed E-state index contributed by atoms with van der Waals surface area (Å²) in [7, 11) is 4.02. The molecule has 6 nitrogen and oxygen atoms in total. The summed E-state index contributed by atoms with van der Waals surface area (Å²) in [6, 6.07) is 2.20. The molecule has 0 saturated heterocycles. The minimum Gasteiger partial charge on any atom is -0.366 e. The Morgan fingerprint density at radius 3 is 2.65 bits per heavy atom. The molecular formula is C14H19F3N6. The molecule has 0 aliphatic heterocycles. The monoisotopic (exact) mass is 328 g/mol. The molecule has 2 heterocycles. The zero-order valence-corrected chi connectivity index (χ0v) is 13.2. The van der Waals surface area contributed by atoms with Crippen LogP contribution in [0.1, 0.15) is 30.8 Å². The number of likely N-dealkylation sites (N-methyl/N-ethyl adjacent to an activating group) is 1. The number of nitrogens with zero attached hydrogens (tertiary/aromatic N) is 5. The Bertz CT molecular complexity index is 708. The van der Waals surface area contributed by atoms with Crippen molar-refractivity contribution in [3.63, 3.8) is 0 Å². The van der Waals surface area contributed by atoms with E-state index in [0.29, 0.717) is 17.6 Å². The maximum atomic E-state index is 12.8. The molecule has 2 aromatic rings. The van der Waals surface area contributed by atoms with Crippen molar-refractivity contribution in [2.24, 2.45) is 0 Å². The lowest BCUT2D eigenvalue weighted by Gasteiger charge is -2.27. The predicted molar refractivity (Wildman–Crippen MR) is 79.3 cm³/mol. The number of alkyl halides is 3. The Kier molecular flexibility index (Phi) is 3.91. The second kappa shape index (κ2) is 5.63. The van der Waals surface area contributed by atoms with Gasteiger partial charge in [0.15, 0.2) is 0 Å². The number of rotatable bonds is 3. The lowest BCUT2D eigenvalue weighted by atomic mass is 10.1. The summed E-state index contributed by atoms with van der Waals surface area (Å²) in [5.74, 6) is -0.720. The normalized spacial score (nSPS) is 22.2. The molecular weight excluding hydrogens is 309 g/mol. The van der Waals surface area contributed by atoms with Gasteiger partial charge >= 0.3 is 6.18 Å². The molecule has 1 N–H and O–H groups in total. The number of halogens is 3. The average Bonchev–Trinajstić information content (AvgIpc) is 3.03. The number of anilines is 1. The molecule has 0 radical (unpaired) electrons. The minimum atomic E-state index is -4.58. The van der Waals surface area contributed by atoms with E-state index in [1.165, 1.54) is 0 Å². The van der Waals surface area contributed by atoms with E-state index in [0.717, 1.165) is 23.8 Å². The standard InChI is InChI=1S/C14H19F3N6/c1-8-7-11(19-9-5-4-6-10(9)22(2)3)23-13(18-8)20-12(21-23)14(15,16)17/h7,9-10,19H,4-6H2,1-3H3. The quantitative estimate of drug-likeness (QED) is 0.937. The van der Waals surface area contributed by atoms with E-state index >= 15 is 0 Å². The van der Waals surface area contributed by atoms with Gasteiger partial charge in [0, 0.05) is 23.8 Å². The minimum absolute atomic E-state index is 0.0424. The highest BCUT2D eigenvalue weighted by Gasteiger charge is 2.37. The van der Waals surface area contributed by atoms with Gasteiger partial charge in [-0.15, -0.1) is 5.10 Å². The maximum absolute atomic E-state index is 12.8. The largest absolute Gasteiger partial charge is 0.453 e. The summed E-state index contributed by atoms with van der Waals surface area (Å²) in [4.78, 5) is 9.67. The molecule has 23 heavy (non-hydrogen) atoms. The van der Waals surface area contributed by atoms with Crippen molar-refractivity contribution in [3.8, 4) is 0 Å². The highest BCUT2D eigenvalue weighted by molar-refractivity contribution is 5.46. The smallest absolute Gasteiger partial charge is 0.366 e. The molecule has 2 atom stereocenters. The van der Waals surface area contributed by atoms with Crippen LogP contribution >= 0.6 is 0 Å². The topological polar surface area (TPSA) is 58.4 Å². The molecule has 2 unspecified atom stereocenters. The van der Waals surface area contributed by atoms with Crippen LogP contribution in [0.3, 0.4) is 0 Å². The molecule has 2 aromatic heterocycles. The lowest BCUT2D eigenvalue weighted by molar-refractivity contribution is -0.144. The van der Waals surface area contributed by atoms with E-state index in [2.05, 4.69) is 25.3 Å². The first-order chi connectivity index (χ1) is 10.8. The average molecular weight is 328 g/mol. The maximum Gasteiger partial charge on any atom is 0.453 e. The van der Waals surface area contributed by atoms with Crippen LogP contribution in [-0.2, 0) is 6.18 Å². The fraction of sp³-hybridized carbons (Fsp3) is 0.643. The second-order valence-electron chi connectivity index (χ2n) is 6.14. The van der Waals surface area contributed by atoms with Crippen molar-refractivity contribution in [1.82, 2.24) is 24.5 Å². The van der Waals surface area contributed by atoms with Crippen LogP contribution in [0.2, 0.25) is 0 Å². The number of nitrogens with one attached hydrogen (secondary N) is 1. The van der Waals surface area contributed by atoms with Crippen molar-refractivity contribution < 1.29 is 13.2 Å². The van der Waals surface area contributed by atoms with Crippen molar-refractivity contribution in [2.45, 2.75) is 44.4 Å². The Morgan fingerprint density at radius 2 is 2.00 bits per heavy atom. The first-order valence-electron chi connectivity index (χ1n) is 7.50. The highest BCUT2D eigenvalue weighted by Crippen LogP contribution is 2.29. The lowest BCUT2D eigenvalue weighted by Crippen LogP contribution is -2.39. The summed E-state index contributed by atoms with van der Waals surface area (Å²) in [6.45, 7) is 1.73. The molecule has 1 fully saturated rings. The highest BCUT2D eigenvalue weighted by atomic mass is 19.4. The molecule has 3 rings (SSSR count). The molecule has 1 aliphatic carbocycles. The number of aryl methyl sites for hydroxylation is 1. The number of hydrogen-bond acceptors (Lipinski definition) is 5. The van der Waals surface area contributed by atoms with Gasteiger partial charge in [0.2, 0.25) is 0 Å². The Morgan fingerprint density at radius 1 is 1.26 bits per heavy atom. The van der Waals surface area contributed by atoms with Gasteiger partial charge in [0.05, 0.1) is 0 Å². The SMILES string of the molecule is Cc1cc(NC2CCCC2N(C)C)n2nc(C(F)(F)F)nc2n1. The number of hydrogen-bond donors (Lipinski definition) is 1. The molecule has 1 saturated carbocycles. The molecule has 0 amide bonds. The molecule has 1 aliphatic rings. The van der Waals surface area contributed by atoms with Crippen LogP contribution in [0.4, 0.5) is 19.0 Å². The van der Waals surface area contributed by atoms with Crippen LogP contribution in [-0.4, -0.2) is 50.7 Å². The van der Waals surface area contributed by atoms with Crippen molar-refractivity contribution >= 4 is 11.6 Å². The van der Waals surface area contributed by atoms with Crippen LogP contribution in [0, 0.1) is 6.92 Å². The number of fused-ring (bicyclic) bond motifs is 1. The second-order valence-corrected chi connectivity index (χ2v) is 6.14. The summed E-state index contributed by atoms with van der Waals surface area (Å²) < 4.78 is 39.7. The van der Waals surface area contributed by atoms with E-state index in [1.807, 2.05) is 14.1 Å². The fourth-order valence-corrected chi connectivity index (χ4v) is 3.13. The third-order valence-electron chi connectivity index (χ3n) is 4.17. The fourth-order valence-electron chi connectivity index (χ4n) is 3.13. The van der Waals surface area contributed by atoms with Gasteiger partial charge in [-0.25, -0.2) is 4.98 Å². The van der Waals surface area contributed by atoms with Crippen LogP contribution < -0.4 is 5.32 Å². The van der Waals surface area contributed by atoms with E-state index in [-0.39, 0.29) is 11.8 Å². The molecule has 9 heteroatoms. The first kappa shape index (κ1) is 16.0. The van der Waals surface area contributed by atoms with Crippen molar-refractivity contribution in [2.75, 3.05) is 19.4 Å². The van der Waals surface area contributed by atoms with Crippen LogP contribution in [0.15, 0.2) is 6.07 Å². The van der Waals surface area contributed by atoms with E-state index in [1.54, 1.807) is 13.0 Å². The van der Waals surface area contributed by atoms with Crippen LogP contribution in [0.25, 0.3) is 5.78 Å². The predicted octanol–water partition coefficient (Wildman–Crippen LogP) is 2.35. The summed E-state index contributed by atoms with van der Waals surface area (Å²) in [5, 5.41) is 6.91. The van der Waals surface area contributed by atoms with E-state index in [4.69, 9.17) is 0 Å². The third-order valence-corrected chi connectivity index (χ3v) is 4.17. The molecule has 126 valence electrons. The van der Waals surface area contributed by atoms with E-state index in [9.17, 15) is 13.2 Å². The summed E-state index contributed by atoms with van der Waals surface area (Å²) in [5.41, 5.74) is 0.598. The zero-order valence-electron chi connectivity index (χ0n) is 13.2. The van der Waals surface area contributed by atoms with Crippen LogP contribution in [0.5, 0.6) is 0 Å². The van der Waals surface area contributed by atoms with Gasteiger partial charge in [-0.05, 0) is 40.3 Å². The Balaban J connectivity index is 1.98. The zero-order chi connectivity index (χ0) is 16.8. The first-order valence-corrected chi connectivity index (χ1v) is 7.50.